The number of likely N-dealkylation sites (tertiary alicyclic amines) is 1. The number of aromatic nitrogens is 1. The van der Waals surface area contributed by atoms with Crippen LogP contribution in [0.1, 0.15) is 11.7 Å². The third-order valence-electron chi connectivity index (χ3n) is 4.37. The first-order valence-corrected chi connectivity index (χ1v) is 8.25. The van der Waals surface area contributed by atoms with Crippen molar-refractivity contribution in [2.24, 2.45) is 0 Å². The molecule has 1 amide bonds. The highest BCUT2D eigenvalue weighted by molar-refractivity contribution is 5.83. The number of rotatable bonds is 4. The Balaban J connectivity index is 1.36. The van der Waals surface area contributed by atoms with Crippen LogP contribution < -0.4 is 4.74 Å². The van der Waals surface area contributed by atoms with E-state index in [-0.39, 0.29) is 12.0 Å². The predicted octanol–water partition coefficient (Wildman–Crippen LogP) is 2.56. The lowest BCUT2D eigenvalue weighted by molar-refractivity contribution is -0.149. The summed E-state index contributed by atoms with van der Waals surface area (Å²) in [6.45, 7) is 0.911. The number of hydrogen-bond acceptors (Lipinski definition) is 4. The van der Waals surface area contributed by atoms with E-state index in [0.29, 0.717) is 24.5 Å². The van der Waals surface area contributed by atoms with E-state index in [2.05, 4.69) is 4.98 Å². The van der Waals surface area contributed by atoms with Crippen molar-refractivity contribution in [2.75, 3.05) is 13.1 Å². The van der Waals surface area contributed by atoms with E-state index in [0.717, 1.165) is 10.9 Å². The lowest BCUT2D eigenvalue weighted by Crippen LogP contribution is -2.57. The maximum atomic E-state index is 12.3. The Morgan fingerprint density at radius 1 is 1.04 bits per heavy atom. The van der Waals surface area contributed by atoms with Gasteiger partial charge >= 0.3 is 0 Å². The number of nitrogens with zero attached hydrogens (tertiary/aromatic N) is 2. The number of amides is 1. The monoisotopic (exact) mass is 334 g/mol. The topological polar surface area (TPSA) is 62.7 Å². The van der Waals surface area contributed by atoms with E-state index >= 15 is 0 Å². The molecule has 0 radical (unpaired) electrons. The number of ether oxygens (including phenoxy) is 1. The molecule has 1 N–H and O–H groups in total. The van der Waals surface area contributed by atoms with Gasteiger partial charge in [0.1, 0.15) is 6.10 Å². The lowest BCUT2D eigenvalue weighted by atomic mass is 10.1. The van der Waals surface area contributed by atoms with E-state index in [9.17, 15) is 9.90 Å². The molecule has 1 fully saturated rings. The Morgan fingerprint density at radius 3 is 2.56 bits per heavy atom. The van der Waals surface area contributed by atoms with E-state index in [1.54, 1.807) is 29.2 Å². The van der Waals surface area contributed by atoms with Crippen molar-refractivity contribution in [3.8, 4) is 5.88 Å². The number of aliphatic hydroxyl groups is 1. The predicted molar refractivity (Wildman–Crippen MR) is 94.1 cm³/mol. The molecule has 0 spiro atoms. The summed E-state index contributed by atoms with van der Waals surface area (Å²) in [5.41, 5.74) is 1.49. The number of aliphatic hydroxyl groups excluding tert-OH is 1. The summed E-state index contributed by atoms with van der Waals surface area (Å²) in [4.78, 5) is 18.4. The Labute approximate surface area is 145 Å². The van der Waals surface area contributed by atoms with Gasteiger partial charge in [0.15, 0.2) is 6.10 Å². The minimum absolute atomic E-state index is 0.0967. The maximum absolute atomic E-state index is 12.3. The minimum atomic E-state index is -1.12. The van der Waals surface area contributed by atoms with E-state index in [1.165, 1.54) is 0 Å². The van der Waals surface area contributed by atoms with Crippen LogP contribution in [-0.2, 0) is 4.79 Å². The summed E-state index contributed by atoms with van der Waals surface area (Å²) in [6.07, 6.45) is -1.22. The second-order valence-electron chi connectivity index (χ2n) is 6.14. The lowest BCUT2D eigenvalue weighted by Gasteiger charge is -2.39. The fourth-order valence-electron chi connectivity index (χ4n) is 2.93. The Morgan fingerprint density at radius 2 is 1.76 bits per heavy atom. The molecule has 0 aliphatic carbocycles. The van der Waals surface area contributed by atoms with Crippen LogP contribution in [-0.4, -0.2) is 40.1 Å². The molecule has 3 aromatic rings. The molecule has 1 atom stereocenters. The fraction of sp³-hybridized carbons (Fsp3) is 0.200. The van der Waals surface area contributed by atoms with Crippen LogP contribution in [0.25, 0.3) is 10.9 Å². The molecule has 1 aromatic heterocycles. The molecular weight excluding hydrogens is 316 g/mol. The standard InChI is InChI=1S/C20H18N2O3/c23-19(15-7-2-1-3-8-15)20(24)22-12-16(13-22)25-18-11-10-14-6-4-5-9-17(14)21-18/h1-11,16,19,23H,12-13H2. The van der Waals surface area contributed by atoms with Crippen LogP contribution in [0.15, 0.2) is 66.7 Å². The summed E-state index contributed by atoms with van der Waals surface area (Å²) < 4.78 is 5.84. The first kappa shape index (κ1) is 15.6. The first-order valence-electron chi connectivity index (χ1n) is 8.25. The summed E-state index contributed by atoms with van der Waals surface area (Å²) in [5, 5.41) is 11.2. The normalized spacial score (nSPS) is 15.6. The van der Waals surface area contributed by atoms with Crippen LogP contribution in [0.5, 0.6) is 5.88 Å². The zero-order valence-corrected chi connectivity index (χ0v) is 13.6. The molecule has 5 nitrogen and oxygen atoms in total. The van der Waals surface area contributed by atoms with Gasteiger partial charge in [0.25, 0.3) is 5.91 Å². The van der Waals surface area contributed by atoms with Gasteiger partial charge in [-0.15, -0.1) is 0 Å². The van der Waals surface area contributed by atoms with E-state index in [4.69, 9.17) is 4.74 Å². The van der Waals surface area contributed by atoms with Gasteiger partial charge in [-0.2, -0.15) is 0 Å². The van der Waals surface area contributed by atoms with Crippen LogP contribution in [0.2, 0.25) is 0 Å². The first-order chi connectivity index (χ1) is 12.2. The summed E-state index contributed by atoms with van der Waals surface area (Å²) >= 11 is 0. The highest BCUT2D eigenvalue weighted by Crippen LogP contribution is 2.23. The molecule has 1 aliphatic heterocycles. The minimum Gasteiger partial charge on any atom is -0.471 e. The van der Waals surface area contributed by atoms with Crippen molar-refractivity contribution in [1.82, 2.24) is 9.88 Å². The van der Waals surface area contributed by atoms with Crippen LogP contribution in [0, 0.1) is 0 Å². The van der Waals surface area contributed by atoms with Gasteiger partial charge in [0.2, 0.25) is 5.88 Å². The zero-order chi connectivity index (χ0) is 17.2. The number of carbonyl (C=O) groups excluding carboxylic acids is 1. The molecule has 0 bridgehead atoms. The van der Waals surface area contributed by atoms with Gasteiger partial charge in [0.05, 0.1) is 18.6 Å². The van der Waals surface area contributed by atoms with Crippen molar-refractivity contribution in [3.05, 3.63) is 72.3 Å². The van der Waals surface area contributed by atoms with Crippen molar-refractivity contribution >= 4 is 16.8 Å². The molecule has 1 unspecified atom stereocenters. The van der Waals surface area contributed by atoms with E-state index in [1.807, 2.05) is 42.5 Å². The van der Waals surface area contributed by atoms with Crippen LogP contribution in [0.3, 0.4) is 0 Å². The molecule has 1 saturated heterocycles. The number of benzene rings is 2. The third kappa shape index (κ3) is 3.19. The number of para-hydroxylation sites is 1. The van der Waals surface area contributed by atoms with Gasteiger partial charge in [0, 0.05) is 11.5 Å². The van der Waals surface area contributed by atoms with Gasteiger partial charge < -0.3 is 14.7 Å². The fourth-order valence-corrected chi connectivity index (χ4v) is 2.93. The van der Waals surface area contributed by atoms with E-state index < -0.39 is 6.10 Å². The highest BCUT2D eigenvalue weighted by Gasteiger charge is 2.35. The molecule has 0 saturated carbocycles. The summed E-state index contributed by atoms with van der Waals surface area (Å²) in [6, 6.07) is 20.6. The quantitative estimate of drug-likeness (QED) is 0.796. The van der Waals surface area contributed by atoms with Gasteiger partial charge in [-0.3, -0.25) is 4.79 Å². The molecule has 2 aromatic carbocycles. The van der Waals surface area contributed by atoms with Gasteiger partial charge in [-0.05, 0) is 17.7 Å². The average molecular weight is 334 g/mol. The molecule has 126 valence electrons. The zero-order valence-electron chi connectivity index (χ0n) is 13.6. The maximum Gasteiger partial charge on any atom is 0.256 e. The summed E-state index contributed by atoms with van der Waals surface area (Å²) in [7, 11) is 0. The molecule has 1 aliphatic rings. The number of hydrogen-bond donors (Lipinski definition) is 1. The number of pyridine rings is 1. The Kier molecular flexibility index (Phi) is 4.07. The van der Waals surface area contributed by atoms with Gasteiger partial charge in [-0.1, -0.05) is 48.5 Å². The van der Waals surface area contributed by atoms with Crippen molar-refractivity contribution < 1.29 is 14.6 Å². The van der Waals surface area contributed by atoms with Crippen molar-refractivity contribution in [1.29, 1.82) is 0 Å². The van der Waals surface area contributed by atoms with Crippen LogP contribution in [0.4, 0.5) is 0 Å². The second kappa shape index (κ2) is 6.53. The number of carbonyl (C=O) groups is 1. The molecule has 25 heavy (non-hydrogen) atoms. The van der Waals surface area contributed by atoms with Gasteiger partial charge in [-0.25, -0.2) is 4.98 Å². The molecule has 2 heterocycles. The second-order valence-corrected chi connectivity index (χ2v) is 6.14. The Hall–Kier alpha value is -2.92. The SMILES string of the molecule is O=C(C(O)c1ccccc1)N1CC(Oc2ccc3ccccc3n2)C1. The highest BCUT2D eigenvalue weighted by atomic mass is 16.5. The average Bonchev–Trinajstić information content (AvgIpc) is 2.64. The van der Waals surface area contributed by atoms with Crippen molar-refractivity contribution in [2.45, 2.75) is 12.2 Å². The van der Waals surface area contributed by atoms with Crippen LogP contribution >= 0.6 is 0 Å². The smallest absolute Gasteiger partial charge is 0.256 e. The molecule has 5 heteroatoms. The summed E-state index contributed by atoms with van der Waals surface area (Å²) in [5.74, 6) is 0.261. The molecule has 4 rings (SSSR count). The Bertz CT molecular complexity index is 892. The molecular formula is C20H18N2O3. The number of fused-ring (bicyclic) bond motifs is 1. The van der Waals surface area contributed by atoms with Crippen molar-refractivity contribution in [3.63, 3.8) is 0 Å². The third-order valence-corrected chi connectivity index (χ3v) is 4.37. The largest absolute Gasteiger partial charge is 0.471 e.